The third kappa shape index (κ3) is 2.28. The lowest BCUT2D eigenvalue weighted by Gasteiger charge is -2.03. The predicted molar refractivity (Wildman–Crippen MR) is 59.1 cm³/mol. The van der Waals surface area contributed by atoms with Crippen LogP contribution in [0.25, 0.3) is 0 Å². The van der Waals surface area contributed by atoms with Crippen LogP contribution >= 0.6 is 0 Å². The predicted octanol–water partition coefficient (Wildman–Crippen LogP) is 1.63. The molecular weight excluding hydrogens is 206 g/mol. The largest absolute Gasteiger partial charge is 0.434 e. The van der Waals surface area contributed by atoms with E-state index in [-0.39, 0.29) is 0 Å². The van der Waals surface area contributed by atoms with Gasteiger partial charge < -0.3 is 10.5 Å². The Morgan fingerprint density at radius 2 is 2.06 bits per heavy atom. The highest BCUT2D eigenvalue weighted by molar-refractivity contribution is 5.26. The Labute approximate surface area is 93.1 Å². The number of nitrogens with two attached hydrogens (primary N) is 1. The molecule has 0 saturated carbocycles. The van der Waals surface area contributed by atoms with Crippen molar-refractivity contribution in [1.29, 1.82) is 0 Å². The lowest BCUT2D eigenvalue weighted by Crippen LogP contribution is -1.99. The maximum Gasteiger partial charge on any atom is 0.238 e. The molecule has 0 atom stereocenters. The van der Waals surface area contributed by atoms with E-state index in [0.717, 1.165) is 0 Å². The Hall–Kier alpha value is -2.11. The van der Waals surface area contributed by atoms with Crippen molar-refractivity contribution in [3.05, 3.63) is 24.8 Å². The summed E-state index contributed by atoms with van der Waals surface area (Å²) in [5.74, 6) is 1.40. The number of ether oxygens (including phenoxy) is 1. The lowest BCUT2D eigenvalue weighted by molar-refractivity contribution is 0.456. The molecule has 2 rings (SSSR count). The van der Waals surface area contributed by atoms with Gasteiger partial charge in [0, 0.05) is 6.04 Å². The average Bonchev–Trinajstić information content (AvgIpc) is 2.70. The molecule has 2 N–H and O–H groups in total. The molecule has 0 bridgehead atoms. The molecule has 84 valence electrons. The molecule has 0 aliphatic heterocycles. The van der Waals surface area contributed by atoms with Crippen LogP contribution in [0, 0.1) is 0 Å². The zero-order valence-electron chi connectivity index (χ0n) is 9.16. The second kappa shape index (κ2) is 4.18. The molecule has 0 aliphatic rings. The molecule has 0 fully saturated rings. The normalized spacial score (nSPS) is 10.7. The zero-order valence-corrected chi connectivity index (χ0v) is 9.16. The van der Waals surface area contributed by atoms with Crippen LogP contribution in [0.1, 0.15) is 19.9 Å². The molecule has 0 spiro atoms. The lowest BCUT2D eigenvalue weighted by atomic mass is 10.4. The Bertz CT molecular complexity index is 462. The van der Waals surface area contributed by atoms with Gasteiger partial charge in [-0.25, -0.2) is 9.97 Å². The van der Waals surface area contributed by atoms with Gasteiger partial charge in [-0.2, -0.15) is 5.10 Å². The van der Waals surface area contributed by atoms with Gasteiger partial charge in [0.05, 0.1) is 24.8 Å². The summed E-state index contributed by atoms with van der Waals surface area (Å²) in [6.45, 7) is 4.08. The summed E-state index contributed by atoms with van der Waals surface area (Å²) >= 11 is 0. The van der Waals surface area contributed by atoms with Crippen molar-refractivity contribution in [2.45, 2.75) is 19.9 Å². The van der Waals surface area contributed by atoms with E-state index in [0.29, 0.717) is 23.5 Å². The molecule has 2 heterocycles. The van der Waals surface area contributed by atoms with Crippen LogP contribution in [0.2, 0.25) is 0 Å². The Morgan fingerprint density at radius 1 is 1.25 bits per heavy atom. The molecule has 0 amide bonds. The zero-order chi connectivity index (χ0) is 11.5. The number of rotatable bonds is 3. The van der Waals surface area contributed by atoms with Crippen LogP contribution in [0.3, 0.4) is 0 Å². The Balaban J connectivity index is 2.11. The fourth-order valence-corrected chi connectivity index (χ4v) is 1.16. The number of nitrogen functional groups attached to an aromatic ring is 1. The highest BCUT2D eigenvalue weighted by Crippen LogP contribution is 2.19. The van der Waals surface area contributed by atoms with Crippen LogP contribution < -0.4 is 10.5 Å². The molecule has 2 aromatic rings. The molecule has 0 saturated heterocycles. The molecular formula is C10H13N5O. The number of nitrogens with zero attached hydrogens (tertiary/aromatic N) is 4. The first kappa shape index (κ1) is 10.4. The van der Waals surface area contributed by atoms with Crippen molar-refractivity contribution in [3.8, 4) is 11.6 Å². The average molecular weight is 219 g/mol. The molecule has 0 radical (unpaired) electrons. The standard InChI is InChI=1S/C10H13N5O/c1-7(2)15-6-8(3-14-15)16-10-5-12-9(11)4-13-10/h3-7H,1-2H3,(H2,11,12). The van der Waals surface area contributed by atoms with Crippen LogP contribution in [-0.2, 0) is 0 Å². The minimum Gasteiger partial charge on any atom is -0.434 e. The van der Waals surface area contributed by atoms with Crippen LogP contribution in [-0.4, -0.2) is 19.7 Å². The van der Waals surface area contributed by atoms with E-state index in [2.05, 4.69) is 15.1 Å². The fraction of sp³-hybridized carbons (Fsp3) is 0.300. The number of anilines is 1. The van der Waals surface area contributed by atoms with Gasteiger partial charge in [0.15, 0.2) is 5.75 Å². The third-order valence-electron chi connectivity index (χ3n) is 1.98. The quantitative estimate of drug-likeness (QED) is 0.848. The van der Waals surface area contributed by atoms with Crippen LogP contribution in [0.15, 0.2) is 24.8 Å². The van der Waals surface area contributed by atoms with E-state index in [9.17, 15) is 0 Å². The molecule has 2 aromatic heterocycles. The Kier molecular flexibility index (Phi) is 2.72. The number of aromatic nitrogens is 4. The van der Waals surface area contributed by atoms with Crippen molar-refractivity contribution < 1.29 is 4.74 Å². The van der Waals surface area contributed by atoms with Crippen molar-refractivity contribution in [2.24, 2.45) is 0 Å². The van der Waals surface area contributed by atoms with Crippen LogP contribution in [0.5, 0.6) is 11.6 Å². The molecule has 6 nitrogen and oxygen atoms in total. The van der Waals surface area contributed by atoms with Gasteiger partial charge in [-0.3, -0.25) is 4.68 Å². The van der Waals surface area contributed by atoms with Crippen molar-refractivity contribution in [3.63, 3.8) is 0 Å². The summed E-state index contributed by atoms with van der Waals surface area (Å²) in [6, 6.07) is 0.301. The van der Waals surface area contributed by atoms with Gasteiger partial charge in [-0.1, -0.05) is 0 Å². The van der Waals surface area contributed by atoms with E-state index < -0.39 is 0 Å². The molecule has 6 heteroatoms. The highest BCUT2D eigenvalue weighted by Gasteiger charge is 2.04. The monoisotopic (exact) mass is 219 g/mol. The number of hydrogen-bond acceptors (Lipinski definition) is 5. The second-order valence-electron chi connectivity index (χ2n) is 3.63. The first-order chi connectivity index (χ1) is 7.65. The SMILES string of the molecule is CC(C)n1cc(Oc2cnc(N)cn2)cn1. The second-order valence-corrected chi connectivity index (χ2v) is 3.63. The maximum absolute atomic E-state index is 5.45. The summed E-state index contributed by atoms with van der Waals surface area (Å²) in [5, 5.41) is 4.15. The first-order valence-electron chi connectivity index (χ1n) is 4.94. The maximum atomic E-state index is 5.45. The van der Waals surface area contributed by atoms with Crippen molar-refractivity contribution in [1.82, 2.24) is 19.7 Å². The van der Waals surface area contributed by atoms with Crippen molar-refractivity contribution in [2.75, 3.05) is 5.73 Å². The van der Waals surface area contributed by atoms with Gasteiger partial charge in [0.25, 0.3) is 0 Å². The first-order valence-corrected chi connectivity index (χ1v) is 4.94. The number of hydrogen-bond donors (Lipinski definition) is 1. The Morgan fingerprint density at radius 3 is 2.62 bits per heavy atom. The van der Waals surface area contributed by atoms with E-state index in [1.54, 1.807) is 10.9 Å². The smallest absolute Gasteiger partial charge is 0.238 e. The fourth-order valence-electron chi connectivity index (χ4n) is 1.16. The van der Waals surface area contributed by atoms with Gasteiger partial charge in [-0.15, -0.1) is 0 Å². The van der Waals surface area contributed by atoms with Crippen molar-refractivity contribution >= 4 is 5.82 Å². The third-order valence-corrected chi connectivity index (χ3v) is 1.98. The minimum atomic E-state index is 0.301. The van der Waals surface area contributed by atoms with Gasteiger partial charge in [0.2, 0.25) is 5.88 Å². The molecule has 0 unspecified atom stereocenters. The van der Waals surface area contributed by atoms with Crippen LogP contribution in [0.4, 0.5) is 5.82 Å². The molecule has 16 heavy (non-hydrogen) atoms. The van der Waals surface area contributed by atoms with E-state index in [4.69, 9.17) is 10.5 Å². The summed E-state index contributed by atoms with van der Waals surface area (Å²) in [6.07, 6.45) is 6.37. The minimum absolute atomic E-state index is 0.301. The summed E-state index contributed by atoms with van der Waals surface area (Å²) in [4.78, 5) is 7.86. The summed E-state index contributed by atoms with van der Waals surface area (Å²) < 4.78 is 7.26. The van der Waals surface area contributed by atoms with E-state index in [1.807, 2.05) is 20.0 Å². The molecule has 0 aliphatic carbocycles. The van der Waals surface area contributed by atoms with Gasteiger partial charge >= 0.3 is 0 Å². The summed E-state index contributed by atoms with van der Waals surface area (Å²) in [7, 11) is 0. The van der Waals surface area contributed by atoms with E-state index in [1.165, 1.54) is 12.4 Å². The molecule has 0 aromatic carbocycles. The highest BCUT2D eigenvalue weighted by atomic mass is 16.5. The summed E-state index contributed by atoms with van der Waals surface area (Å²) in [5.41, 5.74) is 5.42. The van der Waals surface area contributed by atoms with Gasteiger partial charge in [-0.05, 0) is 13.8 Å². The van der Waals surface area contributed by atoms with Gasteiger partial charge in [0.1, 0.15) is 5.82 Å². The topological polar surface area (TPSA) is 78.9 Å². The van der Waals surface area contributed by atoms with E-state index >= 15 is 0 Å².